The normalized spacial score (nSPS) is 14.6. The molecule has 1 aliphatic heterocycles. The molecule has 0 bridgehead atoms. The fraction of sp³-hybridized carbons (Fsp3) is 0.458. The van der Waals surface area contributed by atoms with Crippen molar-refractivity contribution in [2.45, 2.75) is 31.8 Å². The maximum atomic E-state index is 13.0. The number of aryl methyl sites for hydroxylation is 1. The number of rotatable bonds is 11. The van der Waals surface area contributed by atoms with E-state index < -0.39 is 10.0 Å². The predicted octanol–water partition coefficient (Wildman–Crippen LogP) is 2.41. The Morgan fingerprint density at radius 3 is 2.62 bits per heavy atom. The van der Waals surface area contributed by atoms with Crippen LogP contribution >= 0.6 is 0 Å². The van der Waals surface area contributed by atoms with E-state index in [-0.39, 0.29) is 23.5 Å². The summed E-state index contributed by atoms with van der Waals surface area (Å²) in [5.41, 5.74) is 1.54. The van der Waals surface area contributed by atoms with E-state index in [9.17, 15) is 13.2 Å². The third-order valence-electron chi connectivity index (χ3n) is 5.04. The van der Waals surface area contributed by atoms with E-state index in [4.69, 9.17) is 14.2 Å². The highest BCUT2D eigenvalue weighted by Gasteiger charge is 2.27. The van der Waals surface area contributed by atoms with Crippen molar-refractivity contribution in [2.75, 3.05) is 51.3 Å². The smallest absolute Gasteiger partial charge is 0.243 e. The third kappa shape index (κ3) is 7.34. The van der Waals surface area contributed by atoms with Gasteiger partial charge in [-0.2, -0.15) is 4.31 Å². The molecule has 2 N–H and O–H groups in total. The number of sulfonamides is 1. The summed E-state index contributed by atoms with van der Waals surface area (Å²) in [5.74, 6) is 0.984. The van der Waals surface area contributed by atoms with E-state index in [0.29, 0.717) is 50.9 Å². The number of nitrogens with one attached hydrogen (secondary N) is 2. The van der Waals surface area contributed by atoms with Gasteiger partial charge in [-0.3, -0.25) is 4.79 Å². The van der Waals surface area contributed by atoms with E-state index in [1.165, 1.54) is 16.4 Å². The summed E-state index contributed by atoms with van der Waals surface area (Å²) in [4.78, 5) is 12.5. The molecule has 0 aromatic heterocycles. The monoisotopic (exact) mass is 491 g/mol. The van der Waals surface area contributed by atoms with Gasteiger partial charge >= 0.3 is 0 Å². The number of anilines is 1. The van der Waals surface area contributed by atoms with E-state index >= 15 is 0 Å². The summed E-state index contributed by atoms with van der Waals surface area (Å²) in [6.07, 6.45) is -0.116. The van der Waals surface area contributed by atoms with Gasteiger partial charge in [-0.15, -0.1) is 0 Å². The molecule has 0 saturated carbocycles. The van der Waals surface area contributed by atoms with Crippen molar-refractivity contribution < 1.29 is 27.4 Å². The zero-order valence-electron chi connectivity index (χ0n) is 19.9. The molecule has 1 amide bonds. The third-order valence-corrected chi connectivity index (χ3v) is 6.94. The molecule has 0 radical (unpaired) electrons. The summed E-state index contributed by atoms with van der Waals surface area (Å²) in [7, 11) is -3.67. The van der Waals surface area contributed by atoms with Crippen molar-refractivity contribution in [1.29, 1.82) is 0 Å². The minimum absolute atomic E-state index is 0.0417. The lowest BCUT2D eigenvalue weighted by Crippen LogP contribution is -2.40. The van der Waals surface area contributed by atoms with E-state index in [1.54, 1.807) is 6.07 Å². The van der Waals surface area contributed by atoms with Gasteiger partial charge in [-0.25, -0.2) is 8.42 Å². The number of nitrogens with zero attached hydrogens (tertiary/aromatic N) is 1. The number of carbonyl (C=O) groups excluding carboxylic acids is 1. The highest BCUT2D eigenvalue weighted by Crippen LogP contribution is 2.30. The molecule has 3 rings (SSSR count). The highest BCUT2D eigenvalue weighted by molar-refractivity contribution is 7.89. The van der Waals surface area contributed by atoms with Gasteiger partial charge in [-0.1, -0.05) is 12.1 Å². The highest BCUT2D eigenvalue weighted by atomic mass is 32.2. The first-order valence-corrected chi connectivity index (χ1v) is 12.8. The predicted molar refractivity (Wildman–Crippen MR) is 130 cm³/mol. The van der Waals surface area contributed by atoms with Crippen LogP contribution in [0.3, 0.4) is 0 Å². The standard InChI is InChI=1S/C24H33N3O6S/c1-18(2)33-23-8-7-21(34(29,30)27-10-13-31-14-11-27)16-22(23)26-17-24(28)25-9-12-32-20-6-4-5-19(3)15-20/h4-8,15-16,18,26H,9-14,17H2,1-3H3,(H,25,28). The summed E-state index contributed by atoms with van der Waals surface area (Å²) in [6.45, 7) is 7.73. The van der Waals surface area contributed by atoms with Crippen molar-refractivity contribution in [1.82, 2.24) is 9.62 Å². The molecule has 1 fully saturated rings. The number of hydrogen-bond acceptors (Lipinski definition) is 7. The zero-order chi connectivity index (χ0) is 24.6. The Balaban J connectivity index is 1.59. The van der Waals surface area contributed by atoms with Gasteiger partial charge < -0.3 is 24.8 Å². The van der Waals surface area contributed by atoms with Crippen LogP contribution < -0.4 is 20.1 Å². The van der Waals surface area contributed by atoms with E-state index in [0.717, 1.165) is 11.3 Å². The first-order chi connectivity index (χ1) is 16.3. The number of benzene rings is 2. The van der Waals surface area contributed by atoms with Crippen LogP contribution in [-0.2, 0) is 19.6 Å². The molecule has 1 aliphatic rings. The lowest BCUT2D eigenvalue weighted by Gasteiger charge is -2.26. The summed E-state index contributed by atoms with van der Waals surface area (Å²) in [6, 6.07) is 12.3. The molecule has 9 nitrogen and oxygen atoms in total. The molecule has 2 aromatic carbocycles. The molecule has 0 aliphatic carbocycles. The quantitative estimate of drug-likeness (QED) is 0.465. The van der Waals surface area contributed by atoms with Crippen molar-refractivity contribution in [3.63, 3.8) is 0 Å². The first-order valence-electron chi connectivity index (χ1n) is 11.3. The van der Waals surface area contributed by atoms with Gasteiger partial charge in [0.25, 0.3) is 0 Å². The molecule has 186 valence electrons. The zero-order valence-corrected chi connectivity index (χ0v) is 20.7. The second-order valence-corrected chi connectivity index (χ2v) is 10.1. The van der Waals surface area contributed by atoms with Crippen molar-refractivity contribution >= 4 is 21.6 Å². The van der Waals surface area contributed by atoms with Gasteiger partial charge in [0, 0.05) is 13.1 Å². The Hall–Kier alpha value is -2.82. The summed E-state index contributed by atoms with van der Waals surface area (Å²) in [5, 5.41) is 5.80. The SMILES string of the molecule is Cc1cccc(OCCNC(=O)CNc2cc(S(=O)(=O)N3CCOCC3)ccc2OC(C)C)c1. The molecule has 1 saturated heterocycles. The van der Waals surface area contributed by atoms with Gasteiger partial charge in [0.05, 0.1) is 43.0 Å². The van der Waals surface area contributed by atoms with Crippen LogP contribution in [0.25, 0.3) is 0 Å². The maximum absolute atomic E-state index is 13.0. The van der Waals surface area contributed by atoms with Crippen LogP contribution in [0.1, 0.15) is 19.4 Å². The van der Waals surface area contributed by atoms with Gasteiger partial charge in [0.1, 0.15) is 18.1 Å². The number of hydrogen-bond donors (Lipinski definition) is 2. The maximum Gasteiger partial charge on any atom is 0.243 e. The lowest BCUT2D eigenvalue weighted by atomic mass is 10.2. The van der Waals surface area contributed by atoms with Crippen LogP contribution in [0.4, 0.5) is 5.69 Å². The average molecular weight is 492 g/mol. The van der Waals surface area contributed by atoms with E-state index in [2.05, 4.69) is 10.6 Å². The molecular formula is C24H33N3O6S. The average Bonchev–Trinajstić information content (AvgIpc) is 2.81. The number of morpholine rings is 1. The Bertz CT molecular complexity index is 1070. The van der Waals surface area contributed by atoms with Crippen LogP contribution in [0.15, 0.2) is 47.4 Å². The fourth-order valence-electron chi connectivity index (χ4n) is 3.40. The minimum Gasteiger partial charge on any atom is -0.492 e. The molecule has 10 heteroatoms. The summed E-state index contributed by atoms with van der Waals surface area (Å²) < 4.78 is 44.2. The molecule has 0 unspecified atom stereocenters. The van der Waals surface area contributed by atoms with Crippen LogP contribution in [0.2, 0.25) is 0 Å². The minimum atomic E-state index is -3.67. The molecular weight excluding hydrogens is 458 g/mol. The van der Waals surface area contributed by atoms with Gasteiger partial charge in [0.2, 0.25) is 15.9 Å². The Morgan fingerprint density at radius 1 is 1.15 bits per heavy atom. The van der Waals surface area contributed by atoms with Crippen LogP contribution in [-0.4, -0.2) is 70.7 Å². The van der Waals surface area contributed by atoms with E-state index in [1.807, 2.05) is 45.0 Å². The second kappa shape index (κ2) is 12.0. The molecule has 1 heterocycles. The first kappa shape index (κ1) is 25.8. The van der Waals surface area contributed by atoms with Crippen molar-refractivity contribution in [3.8, 4) is 11.5 Å². The number of amides is 1. The number of ether oxygens (including phenoxy) is 3. The largest absolute Gasteiger partial charge is 0.492 e. The second-order valence-electron chi connectivity index (χ2n) is 8.21. The van der Waals surface area contributed by atoms with Crippen LogP contribution in [0, 0.1) is 6.92 Å². The molecule has 0 atom stereocenters. The lowest BCUT2D eigenvalue weighted by molar-refractivity contribution is -0.119. The topological polar surface area (TPSA) is 106 Å². The number of carbonyl (C=O) groups is 1. The summed E-state index contributed by atoms with van der Waals surface area (Å²) >= 11 is 0. The van der Waals surface area contributed by atoms with Crippen molar-refractivity contribution in [3.05, 3.63) is 48.0 Å². The Morgan fingerprint density at radius 2 is 1.91 bits per heavy atom. The van der Waals surface area contributed by atoms with Crippen molar-refractivity contribution in [2.24, 2.45) is 0 Å². The fourth-order valence-corrected chi connectivity index (χ4v) is 4.84. The molecule has 0 spiro atoms. The molecule has 34 heavy (non-hydrogen) atoms. The Labute approximate surface area is 201 Å². The molecule has 2 aromatic rings. The Kier molecular flexibility index (Phi) is 9.14. The van der Waals surface area contributed by atoms with Crippen LogP contribution in [0.5, 0.6) is 11.5 Å². The van der Waals surface area contributed by atoms with Gasteiger partial charge in [0.15, 0.2) is 0 Å². The van der Waals surface area contributed by atoms with Gasteiger partial charge in [-0.05, 0) is 56.7 Å².